The first-order chi connectivity index (χ1) is 8.11. The molecule has 1 aromatic carbocycles. The number of nitrogens with zero attached hydrogens (tertiary/aromatic N) is 2. The summed E-state index contributed by atoms with van der Waals surface area (Å²) in [5.41, 5.74) is 3.84. The number of Topliss-reactive ketones (excluding diaryl/α,β-unsaturated/α-hetero) is 2. The van der Waals surface area contributed by atoms with Crippen molar-refractivity contribution in [2.75, 3.05) is 5.43 Å². The molecule has 1 N–H and O–H groups in total. The predicted octanol–water partition coefficient (Wildman–Crippen LogP) is 1.50. The number of ketones is 2. The van der Waals surface area contributed by atoms with Crippen LogP contribution in [0.5, 0.6) is 0 Å². The summed E-state index contributed by atoms with van der Waals surface area (Å²) in [6.07, 6.45) is 0.929. The standard InChI is InChI=1S/C12H11N3O2/c1-9(16)6-12(17)8-14-15-11-4-2-10(7-13)3-5-11/h2-5,8,15H,6H2,1H3. The molecule has 17 heavy (non-hydrogen) atoms. The largest absolute Gasteiger partial charge is 0.300 e. The fourth-order valence-corrected chi connectivity index (χ4v) is 1.09. The van der Waals surface area contributed by atoms with E-state index in [-0.39, 0.29) is 18.0 Å². The summed E-state index contributed by atoms with van der Waals surface area (Å²) in [5.74, 6) is -0.543. The summed E-state index contributed by atoms with van der Waals surface area (Å²) >= 11 is 0. The maximum atomic E-state index is 11.1. The van der Waals surface area contributed by atoms with Gasteiger partial charge >= 0.3 is 0 Å². The molecule has 0 fully saturated rings. The minimum Gasteiger partial charge on any atom is -0.300 e. The topological polar surface area (TPSA) is 82.3 Å². The summed E-state index contributed by atoms with van der Waals surface area (Å²) in [6.45, 7) is 1.35. The van der Waals surface area contributed by atoms with E-state index < -0.39 is 0 Å². The number of carbonyl (C=O) groups is 2. The Bertz CT molecular complexity index is 483. The molecule has 0 unspecified atom stereocenters. The van der Waals surface area contributed by atoms with E-state index in [4.69, 9.17) is 5.26 Å². The van der Waals surface area contributed by atoms with Gasteiger partial charge in [0.2, 0.25) is 0 Å². The molecule has 0 bridgehead atoms. The van der Waals surface area contributed by atoms with Gasteiger partial charge in [0.25, 0.3) is 0 Å². The summed E-state index contributed by atoms with van der Waals surface area (Å²) in [6, 6.07) is 8.60. The second-order valence-electron chi connectivity index (χ2n) is 3.40. The van der Waals surface area contributed by atoms with Gasteiger partial charge in [-0.25, -0.2) is 0 Å². The van der Waals surface area contributed by atoms with Gasteiger partial charge in [0.05, 0.1) is 30.0 Å². The van der Waals surface area contributed by atoms with Gasteiger partial charge in [-0.05, 0) is 31.2 Å². The van der Waals surface area contributed by atoms with Crippen LogP contribution in [0, 0.1) is 11.3 Å². The average molecular weight is 229 g/mol. The van der Waals surface area contributed by atoms with Crippen LogP contribution in [0.25, 0.3) is 0 Å². The number of hydrazone groups is 1. The Morgan fingerprint density at radius 2 is 2.06 bits per heavy atom. The maximum absolute atomic E-state index is 11.1. The van der Waals surface area contributed by atoms with E-state index in [2.05, 4.69) is 10.5 Å². The highest BCUT2D eigenvalue weighted by molar-refractivity contribution is 6.31. The molecule has 0 aliphatic carbocycles. The zero-order chi connectivity index (χ0) is 12.7. The number of carbonyl (C=O) groups excluding carboxylic acids is 2. The van der Waals surface area contributed by atoms with Crippen molar-refractivity contribution in [2.45, 2.75) is 13.3 Å². The van der Waals surface area contributed by atoms with Crippen molar-refractivity contribution in [1.29, 1.82) is 5.26 Å². The van der Waals surface area contributed by atoms with Gasteiger partial charge < -0.3 is 0 Å². The summed E-state index contributed by atoms with van der Waals surface area (Å²) in [4.78, 5) is 21.7. The summed E-state index contributed by atoms with van der Waals surface area (Å²) in [5, 5.41) is 12.3. The first-order valence-electron chi connectivity index (χ1n) is 4.93. The molecular formula is C12H11N3O2. The van der Waals surface area contributed by atoms with E-state index in [1.165, 1.54) is 6.92 Å². The van der Waals surface area contributed by atoms with E-state index in [9.17, 15) is 9.59 Å². The SMILES string of the molecule is CC(=O)CC(=O)C=NNc1ccc(C#N)cc1. The second-order valence-corrected chi connectivity index (χ2v) is 3.40. The molecule has 0 aliphatic heterocycles. The zero-order valence-electron chi connectivity index (χ0n) is 9.30. The van der Waals surface area contributed by atoms with Crippen molar-refractivity contribution >= 4 is 23.5 Å². The van der Waals surface area contributed by atoms with Crippen molar-refractivity contribution in [3.05, 3.63) is 29.8 Å². The molecule has 0 amide bonds. The van der Waals surface area contributed by atoms with Crippen LogP contribution in [0.3, 0.4) is 0 Å². The number of hydrogen-bond acceptors (Lipinski definition) is 5. The van der Waals surface area contributed by atoms with Crippen molar-refractivity contribution in [3.8, 4) is 6.07 Å². The molecule has 0 spiro atoms. The normalized spacial score (nSPS) is 9.88. The molecule has 0 atom stereocenters. The number of benzene rings is 1. The van der Waals surface area contributed by atoms with Gasteiger partial charge in [-0.1, -0.05) is 0 Å². The first kappa shape index (κ1) is 12.6. The Balaban J connectivity index is 2.50. The fraction of sp³-hybridized carbons (Fsp3) is 0.167. The number of anilines is 1. The van der Waals surface area contributed by atoms with Gasteiger partial charge in [0, 0.05) is 0 Å². The van der Waals surface area contributed by atoms with Crippen molar-refractivity contribution < 1.29 is 9.59 Å². The molecule has 1 aromatic rings. The number of nitriles is 1. The second kappa shape index (κ2) is 6.18. The minimum atomic E-state index is -0.348. The lowest BCUT2D eigenvalue weighted by molar-refractivity contribution is -0.122. The lowest BCUT2D eigenvalue weighted by atomic mass is 10.2. The third-order valence-electron chi connectivity index (χ3n) is 1.84. The van der Waals surface area contributed by atoms with Gasteiger partial charge in [-0.2, -0.15) is 10.4 Å². The van der Waals surface area contributed by atoms with Crippen LogP contribution in [0.15, 0.2) is 29.4 Å². The zero-order valence-corrected chi connectivity index (χ0v) is 9.30. The Hall–Kier alpha value is -2.48. The molecule has 5 heteroatoms. The highest BCUT2D eigenvalue weighted by Crippen LogP contribution is 2.08. The molecule has 0 saturated heterocycles. The van der Waals surface area contributed by atoms with Crippen molar-refractivity contribution in [3.63, 3.8) is 0 Å². The van der Waals surface area contributed by atoms with Crippen LogP contribution in [0.1, 0.15) is 18.9 Å². The van der Waals surface area contributed by atoms with E-state index in [0.29, 0.717) is 11.3 Å². The highest BCUT2D eigenvalue weighted by Gasteiger charge is 2.00. The number of rotatable bonds is 5. The molecule has 0 saturated carbocycles. The van der Waals surface area contributed by atoms with Gasteiger partial charge in [0.1, 0.15) is 5.78 Å². The Labute approximate surface area is 98.8 Å². The van der Waals surface area contributed by atoms with E-state index in [1.54, 1.807) is 24.3 Å². The lowest BCUT2D eigenvalue weighted by Crippen LogP contribution is -2.06. The Kier molecular flexibility index (Phi) is 4.58. The quantitative estimate of drug-likeness (QED) is 0.471. The molecule has 0 radical (unpaired) electrons. The van der Waals surface area contributed by atoms with Gasteiger partial charge in [-0.3, -0.25) is 15.0 Å². The molecular weight excluding hydrogens is 218 g/mol. The van der Waals surface area contributed by atoms with Crippen LogP contribution in [0.2, 0.25) is 0 Å². The van der Waals surface area contributed by atoms with Crippen LogP contribution in [-0.4, -0.2) is 17.8 Å². The fourth-order valence-electron chi connectivity index (χ4n) is 1.09. The third kappa shape index (κ3) is 4.71. The van der Waals surface area contributed by atoms with Crippen molar-refractivity contribution in [2.24, 2.45) is 5.10 Å². The smallest absolute Gasteiger partial charge is 0.182 e. The third-order valence-corrected chi connectivity index (χ3v) is 1.84. The Morgan fingerprint density at radius 1 is 1.41 bits per heavy atom. The van der Waals surface area contributed by atoms with Gasteiger partial charge in [-0.15, -0.1) is 0 Å². The minimum absolute atomic E-state index is 0.140. The van der Waals surface area contributed by atoms with Crippen LogP contribution < -0.4 is 5.43 Å². The summed E-state index contributed by atoms with van der Waals surface area (Å²) < 4.78 is 0. The molecule has 0 aliphatic rings. The lowest BCUT2D eigenvalue weighted by Gasteiger charge is -1.98. The molecule has 0 heterocycles. The number of nitrogens with one attached hydrogen (secondary N) is 1. The monoisotopic (exact) mass is 229 g/mol. The molecule has 1 rings (SSSR count). The molecule has 5 nitrogen and oxygen atoms in total. The van der Waals surface area contributed by atoms with Crippen LogP contribution in [0.4, 0.5) is 5.69 Å². The van der Waals surface area contributed by atoms with Crippen LogP contribution >= 0.6 is 0 Å². The van der Waals surface area contributed by atoms with Crippen LogP contribution in [-0.2, 0) is 9.59 Å². The van der Waals surface area contributed by atoms with E-state index >= 15 is 0 Å². The van der Waals surface area contributed by atoms with Gasteiger partial charge in [0.15, 0.2) is 5.78 Å². The maximum Gasteiger partial charge on any atom is 0.182 e. The first-order valence-corrected chi connectivity index (χ1v) is 4.93. The predicted molar refractivity (Wildman–Crippen MR) is 63.6 cm³/mol. The Morgan fingerprint density at radius 3 is 2.59 bits per heavy atom. The average Bonchev–Trinajstić information content (AvgIpc) is 2.29. The summed E-state index contributed by atoms with van der Waals surface area (Å²) in [7, 11) is 0. The number of hydrogen-bond donors (Lipinski definition) is 1. The molecule has 0 aromatic heterocycles. The highest BCUT2D eigenvalue weighted by atomic mass is 16.1. The van der Waals surface area contributed by atoms with E-state index in [1.807, 2.05) is 6.07 Å². The van der Waals surface area contributed by atoms with Crippen molar-refractivity contribution in [1.82, 2.24) is 0 Å². The molecule has 86 valence electrons. The van der Waals surface area contributed by atoms with E-state index in [0.717, 1.165) is 6.21 Å².